The van der Waals surface area contributed by atoms with Crippen molar-refractivity contribution in [3.05, 3.63) is 128 Å². The number of aryl methyl sites for hydroxylation is 2. The predicted molar refractivity (Wildman–Crippen MR) is 173 cm³/mol. The topological polar surface area (TPSA) is 49.9 Å². The molecule has 1 fully saturated rings. The number of amides is 2. The fraction of sp³-hybridized carbons (Fsp3) is 0.121. The van der Waals surface area contributed by atoms with Crippen LogP contribution in [0.1, 0.15) is 27.8 Å². The smallest absolute Gasteiger partial charge is 0.270 e. The van der Waals surface area contributed by atoms with Gasteiger partial charge in [-0.3, -0.25) is 19.4 Å². The second kappa shape index (κ2) is 11.7. The summed E-state index contributed by atoms with van der Waals surface area (Å²) in [6.07, 6.45) is 2.33. The number of nitrogens with zero attached hydrogens (tertiary/aromatic N) is 2. The average molecular weight is 659 g/mol. The van der Waals surface area contributed by atoms with E-state index in [1.807, 2.05) is 48.5 Å². The Labute approximate surface area is 253 Å². The average Bonchev–Trinajstić information content (AvgIpc) is 2.93. The third-order valence-corrected chi connectivity index (χ3v) is 7.98. The van der Waals surface area contributed by atoms with Gasteiger partial charge in [0.1, 0.15) is 11.3 Å². The lowest BCUT2D eigenvalue weighted by molar-refractivity contribution is -0.120. The van der Waals surface area contributed by atoms with Crippen molar-refractivity contribution in [3.63, 3.8) is 0 Å². The molecule has 0 aromatic heterocycles. The van der Waals surface area contributed by atoms with Crippen molar-refractivity contribution in [2.75, 3.05) is 16.9 Å². The Hall–Kier alpha value is -3.82. The number of hydrogen-bond donors (Lipinski definition) is 0. The van der Waals surface area contributed by atoms with E-state index in [-0.39, 0.29) is 10.7 Å². The largest absolute Gasteiger partial charge is 0.496 e. The molecular weight excluding hydrogens is 631 g/mol. The molecule has 1 aliphatic heterocycles. The molecule has 0 unspecified atom stereocenters. The Balaban J connectivity index is 1.59. The van der Waals surface area contributed by atoms with Crippen LogP contribution in [-0.2, 0) is 16.0 Å². The summed E-state index contributed by atoms with van der Waals surface area (Å²) in [5, 5.41) is 0.112. The highest BCUT2D eigenvalue weighted by Gasteiger charge is 2.41. The van der Waals surface area contributed by atoms with Gasteiger partial charge in [0.2, 0.25) is 0 Å². The second-order valence-electron chi connectivity index (χ2n) is 9.65. The van der Waals surface area contributed by atoms with Gasteiger partial charge in [-0.25, -0.2) is 0 Å². The molecule has 40 heavy (non-hydrogen) atoms. The molecule has 4 aromatic carbocycles. The fourth-order valence-corrected chi connectivity index (χ4v) is 6.14. The summed E-state index contributed by atoms with van der Waals surface area (Å²) in [6, 6.07) is 28.6. The zero-order chi connectivity index (χ0) is 28.4. The third kappa shape index (κ3) is 5.57. The molecule has 1 heterocycles. The quantitative estimate of drug-likeness (QED) is 0.0948. The lowest BCUT2D eigenvalue weighted by atomic mass is 9.98. The number of methoxy groups -OCH3 is 1. The molecule has 7 heteroatoms. The molecule has 0 N–H and O–H groups in total. The summed E-state index contributed by atoms with van der Waals surface area (Å²) < 4.78 is 6.78. The van der Waals surface area contributed by atoms with Crippen molar-refractivity contribution in [2.24, 2.45) is 0 Å². The third-order valence-electron chi connectivity index (χ3n) is 6.65. The van der Waals surface area contributed by atoms with Crippen LogP contribution in [0.3, 0.4) is 0 Å². The molecule has 0 atom stereocenters. The molecule has 0 saturated carbocycles. The van der Waals surface area contributed by atoms with Crippen LogP contribution in [0, 0.1) is 17.4 Å². The van der Waals surface area contributed by atoms with Crippen LogP contribution in [0.5, 0.6) is 5.75 Å². The van der Waals surface area contributed by atoms with Crippen molar-refractivity contribution in [1.82, 2.24) is 0 Å². The Morgan fingerprint density at radius 1 is 0.800 bits per heavy atom. The van der Waals surface area contributed by atoms with Gasteiger partial charge in [-0.05, 0) is 102 Å². The summed E-state index contributed by atoms with van der Waals surface area (Å²) in [4.78, 5) is 30.5. The monoisotopic (exact) mass is 658 g/mol. The number of para-hydroxylation sites is 2. The van der Waals surface area contributed by atoms with Gasteiger partial charge in [0, 0.05) is 15.6 Å². The van der Waals surface area contributed by atoms with Gasteiger partial charge < -0.3 is 4.74 Å². The maximum atomic E-state index is 13.8. The number of rotatable bonds is 6. The van der Waals surface area contributed by atoms with Crippen LogP contribution in [0.2, 0.25) is 0 Å². The number of ether oxygens (including phenoxy) is 1. The van der Waals surface area contributed by atoms with Gasteiger partial charge in [-0.1, -0.05) is 65.7 Å². The Morgan fingerprint density at radius 3 is 1.82 bits per heavy atom. The summed E-state index contributed by atoms with van der Waals surface area (Å²) in [5.74, 6) is -0.243. The maximum absolute atomic E-state index is 13.8. The summed E-state index contributed by atoms with van der Waals surface area (Å²) >= 11 is 8.00. The maximum Gasteiger partial charge on any atom is 0.270 e. The first-order chi connectivity index (χ1) is 19.3. The van der Waals surface area contributed by atoms with Gasteiger partial charge in [0.15, 0.2) is 5.11 Å². The van der Waals surface area contributed by atoms with E-state index in [0.29, 0.717) is 29.1 Å². The summed E-state index contributed by atoms with van der Waals surface area (Å²) in [7, 11) is 1.64. The number of carbonyl (C=O) groups is 2. The van der Waals surface area contributed by atoms with E-state index in [1.54, 1.807) is 37.5 Å². The van der Waals surface area contributed by atoms with Crippen LogP contribution in [0.4, 0.5) is 11.4 Å². The predicted octanol–water partition coefficient (Wildman–Crippen LogP) is 7.26. The molecule has 2 amide bonds. The van der Waals surface area contributed by atoms with Crippen LogP contribution in [-0.4, -0.2) is 24.0 Å². The molecule has 5 rings (SSSR count). The van der Waals surface area contributed by atoms with Crippen LogP contribution < -0.4 is 14.5 Å². The normalized spacial score (nSPS) is 13.6. The minimum atomic E-state index is -0.471. The SMILES string of the molecule is COc1cc(C=C2C(=O)N(c3ccccc3)C(=S)N(c3ccccc3)C2=O)cc(I)c1Cc1cc(C)cc(C)c1. The number of anilines is 2. The number of thiocarbonyl (C=S) groups is 1. The fourth-order valence-electron chi connectivity index (χ4n) is 4.95. The van der Waals surface area contributed by atoms with Crippen LogP contribution >= 0.6 is 34.8 Å². The number of halogens is 1. The highest BCUT2D eigenvalue weighted by Crippen LogP contribution is 2.33. The lowest BCUT2D eigenvalue weighted by Crippen LogP contribution is -2.56. The number of benzene rings is 4. The minimum absolute atomic E-state index is 0.0150. The molecule has 0 bridgehead atoms. The second-order valence-corrected chi connectivity index (χ2v) is 11.2. The first kappa shape index (κ1) is 27.7. The highest BCUT2D eigenvalue weighted by atomic mass is 127. The summed E-state index contributed by atoms with van der Waals surface area (Å²) in [6.45, 7) is 4.19. The van der Waals surface area contributed by atoms with E-state index >= 15 is 0 Å². The zero-order valence-electron chi connectivity index (χ0n) is 22.4. The number of hydrogen-bond acceptors (Lipinski definition) is 4. The lowest BCUT2D eigenvalue weighted by Gasteiger charge is -2.36. The Morgan fingerprint density at radius 2 is 1.32 bits per heavy atom. The van der Waals surface area contributed by atoms with Gasteiger partial charge in [0.25, 0.3) is 11.8 Å². The van der Waals surface area contributed by atoms with Crippen LogP contribution in [0.15, 0.2) is 96.6 Å². The summed E-state index contributed by atoms with van der Waals surface area (Å²) in [5.41, 5.74) is 6.56. The molecule has 1 saturated heterocycles. The van der Waals surface area contributed by atoms with Crippen molar-refractivity contribution >= 4 is 69.2 Å². The first-order valence-electron chi connectivity index (χ1n) is 12.7. The molecule has 0 aliphatic carbocycles. The molecule has 4 aromatic rings. The van der Waals surface area contributed by atoms with E-state index in [4.69, 9.17) is 17.0 Å². The highest BCUT2D eigenvalue weighted by molar-refractivity contribution is 14.1. The van der Waals surface area contributed by atoms with Gasteiger partial charge >= 0.3 is 0 Å². The zero-order valence-corrected chi connectivity index (χ0v) is 25.3. The van der Waals surface area contributed by atoms with Gasteiger partial charge in [0.05, 0.1) is 18.5 Å². The van der Waals surface area contributed by atoms with Crippen molar-refractivity contribution in [1.29, 1.82) is 0 Å². The molecule has 5 nitrogen and oxygen atoms in total. The molecule has 1 aliphatic rings. The first-order valence-corrected chi connectivity index (χ1v) is 14.2. The minimum Gasteiger partial charge on any atom is -0.496 e. The van der Waals surface area contributed by atoms with E-state index in [1.165, 1.54) is 26.5 Å². The van der Waals surface area contributed by atoms with E-state index in [2.05, 4.69) is 54.6 Å². The van der Waals surface area contributed by atoms with Crippen molar-refractivity contribution < 1.29 is 14.3 Å². The van der Waals surface area contributed by atoms with Crippen molar-refractivity contribution in [2.45, 2.75) is 20.3 Å². The molecule has 200 valence electrons. The molecular formula is C33H27IN2O3S. The van der Waals surface area contributed by atoms with E-state index in [9.17, 15) is 9.59 Å². The van der Waals surface area contributed by atoms with E-state index in [0.717, 1.165) is 9.13 Å². The molecule has 0 radical (unpaired) electrons. The Bertz CT molecular complexity index is 1570. The Kier molecular flexibility index (Phi) is 8.14. The van der Waals surface area contributed by atoms with E-state index < -0.39 is 11.8 Å². The van der Waals surface area contributed by atoms with Gasteiger partial charge in [-0.15, -0.1) is 0 Å². The molecule has 0 spiro atoms. The van der Waals surface area contributed by atoms with Crippen molar-refractivity contribution in [3.8, 4) is 5.75 Å². The number of carbonyl (C=O) groups excluding carboxylic acids is 2. The van der Waals surface area contributed by atoms with Gasteiger partial charge in [-0.2, -0.15) is 0 Å². The van der Waals surface area contributed by atoms with Crippen LogP contribution in [0.25, 0.3) is 6.08 Å². The standard InChI is InChI=1S/C33H27IN2O3S/c1-21-14-22(2)16-23(15-21)17-27-29(34)19-24(20-30(27)39-3)18-28-31(37)35(25-10-6-4-7-11-25)33(40)36(32(28)38)26-12-8-5-9-13-26/h4-16,18-20H,17H2,1-3H3.